The van der Waals surface area contributed by atoms with Crippen LogP contribution in [-0.4, -0.2) is 32.8 Å². The molecule has 1 heterocycles. The zero-order valence-electron chi connectivity index (χ0n) is 16.5. The molecule has 0 spiro atoms. The van der Waals surface area contributed by atoms with Crippen molar-refractivity contribution < 1.29 is 14.8 Å². The maximum atomic E-state index is 11.1. The number of aromatic hydroxyl groups is 1. The van der Waals surface area contributed by atoms with E-state index in [1.54, 1.807) is 19.1 Å². The van der Waals surface area contributed by atoms with Crippen molar-refractivity contribution >= 4 is 41.0 Å². The van der Waals surface area contributed by atoms with Gasteiger partial charge in [0.25, 0.3) is 5.69 Å². The number of aromatic nitrogens is 2. The highest BCUT2D eigenvalue weighted by atomic mass is 35.5. The predicted molar refractivity (Wildman–Crippen MR) is 122 cm³/mol. The second-order valence-electron chi connectivity index (χ2n) is 6.48. The van der Waals surface area contributed by atoms with E-state index in [4.69, 9.17) is 4.74 Å². The van der Waals surface area contributed by atoms with Crippen LogP contribution in [0.3, 0.4) is 0 Å². The average Bonchev–Trinajstić information content (AvgIpc) is 3.19. The van der Waals surface area contributed by atoms with Crippen LogP contribution in [0.15, 0.2) is 65.7 Å². The third kappa shape index (κ3) is 4.65. The lowest BCUT2D eigenvalue weighted by Gasteiger charge is -2.07. The van der Waals surface area contributed by atoms with Crippen molar-refractivity contribution in [2.45, 2.75) is 6.92 Å². The van der Waals surface area contributed by atoms with E-state index < -0.39 is 4.92 Å². The monoisotopic (exact) mass is 438 g/mol. The molecule has 0 aliphatic heterocycles. The standard InChI is InChI=1S/C22H18N4O4.ClH/c1-2-30-20-12-17(26(28)29)11-15(21(20)27)13-23-16-9-7-14(8-10-16)22-24-18-5-3-4-6-19(18)25-22;/h3-13,27H,2H2,1H3,(H,24,25);1H. The van der Waals surface area contributed by atoms with Gasteiger partial charge in [-0.3, -0.25) is 15.1 Å². The first-order valence-corrected chi connectivity index (χ1v) is 9.28. The summed E-state index contributed by atoms with van der Waals surface area (Å²) in [5, 5.41) is 21.5. The molecule has 0 aliphatic carbocycles. The van der Waals surface area contributed by atoms with E-state index in [2.05, 4.69) is 15.0 Å². The number of non-ortho nitro benzene ring substituents is 1. The number of aromatic amines is 1. The van der Waals surface area contributed by atoms with Gasteiger partial charge in [0.1, 0.15) is 5.82 Å². The molecule has 4 aromatic rings. The number of phenolic OH excluding ortho intramolecular Hbond substituents is 1. The zero-order valence-corrected chi connectivity index (χ0v) is 17.3. The molecule has 0 aliphatic rings. The molecule has 0 fully saturated rings. The van der Waals surface area contributed by atoms with Gasteiger partial charge in [-0.15, -0.1) is 12.4 Å². The number of fused-ring (bicyclic) bond motifs is 1. The Hall–Kier alpha value is -3.91. The van der Waals surface area contributed by atoms with E-state index in [0.717, 1.165) is 22.4 Å². The number of rotatable bonds is 6. The summed E-state index contributed by atoms with van der Waals surface area (Å²) in [7, 11) is 0. The number of hydrogen-bond donors (Lipinski definition) is 2. The van der Waals surface area contributed by atoms with Crippen LogP contribution in [0, 0.1) is 10.1 Å². The van der Waals surface area contributed by atoms with Crippen LogP contribution in [0.5, 0.6) is 11.5 Å². The van der Waals surface area contributed by atoms with Gasteiger partial charge in [-0.1, -0.05) is 12.1 Å². The number of halogens is 1. The molecule has 0 radical (unpaired) electrons. The van der Waals surface area contributed by atoms with Crippen molar-refractivity contribution in [2.24, 2.45) is 4.99 Å². The van der Waals surface area contributed by atoms with Crippen LogP contribution in [-0.2, 0) is 0 Å². The van der Waals surface area contributed by atoms with Gasteiger partial charge in [-0.05, 0) is 43.3 Å². The van der Waals surface area contributed by atoms with Crippen molar-refractivity contribution in [3.05, 3.63) is 76.3 Å². The lowest BCUT2D eigenvalue weighted by molar-refractivity contribution is -0.385. The van der Waals surface area contributed by atoms with Crippen LogP contribution >= 0.6 is 12.4 Å². The van der Waals surface area contributed by atoms with Gasteiger partial charge in [-0.25, -0.2) is 4.98 Å². The summed E-state index contributed by atoms with van der Waals surface area (Å²) in [5.41, 5.74) is 3.40. The SMILES string of the molecule is CCOc1cc([N+](=O)[O-])cc(C=Nc2ccc(-c3nc4ccccc4[nH]3)cc2)c1O.Cl. The van der Waals surface area contributed by atoms with E-state index in [0.29, 0.717) is 5.69 Å². The summed E-state index contributed by atoms with van der Waals surface area (Å²) >= 11 is 0. The molecule has 158 valence electrons. The fraction of sp³-hybridized carbons (Fsp3) is 0.0909. The Morgan fingerprint density at radius 3 is 2.61 bits per heavy atom. The third-order valence-electron chi connectivity index (χ3n) is 4.48. The van der Waals surface area contributed by atoms with Crippen molar-refractivity contribution in [3.8, 4) is 22.9 Å². The Labute approximate surface area is 183 Å². The number of nitrogens with zero attached hydrogens (tertiary/aromatic N) is 3. The number of para-hydroxylation sites is 2. The minimum atomic E-state index is -0.540. The topological polar surface area (TPSA) is 114 Å². The number of ether oxygens (including phenoxy) is 1. The molecule has 0 bridgehead atoms. The largest absolute Gasteiger partial charge is 0.504 e. The summed E-state index contributed by atoms with van der Waals surface area (Å²) in [4.78, 5) is 22.8. The van der Waals surface area contributed by atoms with E-state index in [1.165, 1.54) is 18.3 Å². The highest BCUT2D eigenvalue weighted by Gasteiger charge is 2.16. The molecule has 8 nitrogen and oxygen atoms in total. The van der Waals surface area contributed by atoms with Crippen LogP contribution in [0.25, 0.3) is 22.4 Å². The molecule has 0 saturated carbocycles. The number of H-pyrrole nitrogens is 1. The van der Waals surface area contributed by atoms with Gasteiger partial charge < -0.3 is 14.8 Å². The van der Waals surface area contributed by atoms with Gasteiger partial charge >= 0.3 is 0 Å². The molecule has 9 heteroatoms. The molecule has 2 N–H and O–H groups in total. The Bertz CT molecular complexity index is 1220. The van der Waals surface area contributed by atoms with E-state index in [9.17, 15) is 15.2 Å². The van der Waals surface area contributed by atoms with Crippen LogP contribution < -0.4 is 4.74 Å². The number of phenols is 1. The second kappa shape index (κ2) is 9.27. The van der Waals surface area contributed by atoms with Gasteiger partial charge in [0.05, 0.1) is 34.3 Å². The van der Waals surface area contributed by atoms with Crippen molar-refractivity contribution in [2.75, 3.05) is 6.61 Å². The summed E-state index contributed by atoms with van der Waals surface area (Å²) in [6, 6.07) is 17.6. The molecule has 31 heavy (non-hydrogen) atoms. The zero-order chi connectivity index (χ0) is 21.1. The number of nitro groups is 1. The van der Waals surface area contributed by atoms with E-state index in [-0.39, 0.29) is 41.8 Å². The molecule has 3 aromatic carbocycles. The van der Waals surface area contributed by atoms with Gasteiger partial charge in [-0.2, -0.15) is 0 Å². The van der Waals surface area contributed by atoms with Gasteiger partial charge in [0, 0.05) is 23.4 Å². The highest BCUT2D eigenvalue weighted by molar-refractivity contribution is 5.88. The van der Waals surface area contributed by atoms with Gasteiger partial charge in [0.2, 0.25) is 0 Å². The Morgan fingerprint density at radius 1 is 1.19 bits per heavy atom. The molecular weight excluding hydrogens is 420 g/mol. The smallest absolute Gasteiger partial charge is 0.274 e. The average molecular weight is 439 g/mol. The van der Waals surface area contributed by atoms with Crippen LogP contribution in [0.1, 0.15) is 12.5 Å². The van der Waals surface area contributed by atoms with E-state index >= 15 is 0 Å². The lowest BCUT2D eigenvalue weighted by Crippen LogP contribution is -1.97. The Kier molecular flexibility index (Phi) is 6.52. The summed E-state index contributed by atoms with van der Waals surface area (Å²) in [6.07, 6.45) is 1.38. The van der Waals surface area contributed by atoms with Crippen LogP contribution in [0.4, 0.5) is 11.4 Å². The Balaban J connectivity index is 0.00000272. The number of aliphatic imine (C=N–C) groups is 1. The number of imidazole rings is 1. The maximum absolute atomic E-state index is 11.1. The third-order valence-corrected chi connectivity index (χ3v) is 4.48. The maximum Gasteiger partial charge on any atom is 0.274 e. The lowest BCUT2D eigenvalue weighted by atomic mass is 10.1. The number of nitrogens with one attached hydrogen (secondary N) is 1. The fourth-order valence-corrected chi connectivity index (χ4v) is 3.02. The Morgan fingerprint density at radius 2 is 1.94 bits per heavy atom. The molecule has 1 aromatic heterocycles. The minimum absolute atomic E-state index is 0. The summed E-state index contributed by atoms with van der Waals surface area (Å²) in [6.45, 7) is 2.00. The first-order valence-electron chi connectivity index (χ1n) is 9.28. The molecule has 0 amide bonds. The highest BCUT2D eigenvalue weighted by Crippen LogP contribution is 2.34. The summed E-state index contributed by atoms with van der Waals surface area (Å²) in [5.74, 6) is 0.614. The molecular formula is C22H19ClN4O4. The van der Waals surface area contributed by atoms with Gasteiger partial charge in [0.15, 0.2) is 11.5 Å². The summed E-state index contributed by atoms with van der Waals surface area (Å²) < 4.78 is 5.28. The number of benzene rings is 3. The second-order valence-corrected chi connectivity index (χ2v) is 6.48. The van der Waals surface area contributed by atoms with Crippen molar-refractivity contribution in [3.63, 3.8) is 0 Å². The predicted octanol–water partition coefficient (Wildman–Crippen LogP) is 5.41. The van der Waals surface area contributed by atoms with Crippen molar-refractivity contribution in [1.82, 2.24) is 9.97 Å². The minimum Gasteiger partial charge on any atom is -0.504 e. The van der Waals surface area contributed by atoms with Crippen molar-refractivity contribution in [1.29, 1.82) is 0 Å². The number of hydrogen-bond acceptors (Lipinski definition) is 6. The molecule has 4 rings (SSSR count). The van der Waals surface area contributed by atoms with E-state index in [1.807, 2.05) is 36.4 Å². The number of nitro benzene ring substituents is 1. The first-order chi connectivity index (χ1) is 14.5. The first kappa shape index (κ1) is 21.8. The molecule has 0 saturated heterocycles. The molecule has 0 atom stereocenters. The van der Waals surface area contributed by atoms with Crippen LogP contribution in [0.2, 0.25) is 0 Å². The molecule has 0 unspecified atom stereocenters. The normalized spacial score (nSPS) is 10.9. The quantitative estimate of drug-likeness (QED) is 0.237. The fourth-order valence-electron chi connectivity index (χ4n) is 3.02.